The molecular formula is C25H18N4O. The van der Waals surface area contributed by atoms with Gasteiger partial charge in [0.25, 0.3) is 5.91 Å². The molecule has 30 heavy (non-hydrogen) atoms. The van der Waals surface area contributed by atoms with E-state index in [0.717, 1.165) is 38.8 Å². The standard InChI is InChI=1S/C25H18N4O/c1-16-10-12-26-22(14-16)23-15-17(11-13-27-23)25(30)29-24-18-6-2-4-8-20(18)28-21-9-5-3-7-19(21)24/h2-15H,1H3,(H,28,29,30). The van der Waals surface area contributed by atoms with Crippen LogP contribution in [0, 0.1) is 6.92 Å². The van der Waals surface area contributed by atoms with Crippen molar-refractivity contribution in [3.05, 3.63) is 96.3 Å². The zero-order valence-electron chi connectivity index (χ0n) is 16.3. The number of carbonyl (C=O) groups is 1. The van der Waals surface area contributed by atoms with E-state index in [-0.39, 0.29) is 5.91 Å². The van der Waals surface area contributed by atoms with Crippen molar-refractivity contribution in [1.29, 1.82) is 0 Å². The van der Waals surface area contributed by atoms with Crippen molar-refractivity contribution in [3.63, 3.8) is 0 Å². The molecule has 0 bridgehead atoms. The SMILES string of the molecule is Cc1ccnc(-c2cc(C(=O)Nc3c4ccccc4nc4ccccc34)ccn2)c1. The Kier molecular flexibility index (Phi) is 4.41. The van der Waals surface area contributed by atoms with Gasteiger partial charge in [-0.2, -0.15) is 0 Å². The predicted octanol–water partition coefficient (Wildman–Crippen LogP) is 5.41. The minimum atomic E-state index is -0.201. The van der Waals surface area contributed by atoms with E-state index in [9.17, 15) is 4.79 Å². The molecule has 0 saturated carbocycles. The number of hydrogen-bond acceptors (Lipinski definition) is 4. The molecule has 0 unspecified atom stereocenters. The van der Waals surface area contributed by atoms with Gasteiger partial charge in [-0.15, -0.1) is 0 Å². The van der Waals surface area contributed by atoms with Crippen LogP contribution in [0.1, 0.15) is 15.9 Å². The molecule has 0 atom stereocenters. The molecule has 2 aromatic carbocycles. The third kappa shape index (κ3) is 3.26. The molecule has 0 spiro atoms. The summed E-state index contributed by atoms with van der Waals surface area (Å²) in [5, 5.41) is 4.91. The van der Waals surface area contributed by atoms with Crippen LogP contribution in [0.3, 0.4) is 0 Å². The van der Waals surface area contributed by atoms with Gasteiger partial charge in [-0.25, -0.2) is 4.98 Å². The van der Waals surface area contributed by atoms with E-state index in [0.29, 0.717) is 11.3 Å². The lowest BCUT2D eigenvalue weighted by atomic mass is 10.1. The van der Waals surface area contributed by atoms with Crippen LogP contribution in [0.2, 0.25) is 0 Å². The smallest absolute Gasteiger partial charge is 0.255 e. The summed E-state index contributed by atoms with van der Waals surface area (Å²) in [6.45, 7) is 2.00. The summed E-state index contributed by atoms with van der Waals surface area (Å²) in [5.41, 5.74) is 5.45. The largest absolute Gasteiger partial charge is 0.321 e. The van der Waals surface area contributed by atoms with Gasteiger partial charge in [-0.05, 0) is 48.9 Å². The normalized spacial score (nSPS) is 11.0. The third-order valence-electron chi connectivity index (χ3n) is 5.03. The lowest BCUT2D eigenvalue weighted by molar-refractivity contribution is 0.102. The van der Waals surface area contributed by atoms with E-state index in [1.165, 1.54) is 0 Å². The van der Waals surface area contributed by atoms with Gasteiger partial charge in [-0.1, -0.05) is 36.4 Å². The average Bonchev–Trinajstić information content (AvgIpc) is 2.79. The molecule has 3 aromatic heterocycles. The highest BCUT2D eigenvalue weighted by atomic mass is 16.1. The first-order valence-electron chi connectivity index (χ1n) is 9.67. The predicted molar refractivity (Wildman–Crippen MR) is 119 cm³/mol. The lowest BCUT2D eigenvalue weighted by Gasteiger charge is -2.12. The Balaban J connectivity index is 1.57. The highest BCUT2D eigenvalue weighted by Gasteiger charge is 2.14. The van der Waals surface area contributed by atoms with Gasteiger partial charge < -0.3 is 5.32 Å². The van der Waals surface area contributed by atoms with Gasteiger partial charge in [0.05, 0.1) is 28.1 Å². The molecule has 1 amide bonds. The topological polar surface area (TPSA) is 67.8 Å². The fourth-order valence-electron chi connectivity index (χ4n) is 3.55. The maximum atomic E-state index is 13.2. The van der Waals surface area contributed by atoms with Crippen molar-refractivity contribution >= 4 is 33.4 Å². The van der Waals surface area contributed by atoms with Gasteiger partial charge in [0.2, 0.25) is 0 Å². The Morgan fingerprint density at radius 2 is 1.37 bits per heavy atom. The van der Waals surface area contributed by atoms with Gasteiger partial charge in [-0.3, -0.25) is 14.8 Å². The molecule has 0 radical (unpaired) electrons. The van der Waals surface area contributed by atoms with Crippen LogP contribution in [0.25, 0.3) is 33.2 Å². The number of benzene rings is 2. The molecule has 0 fully saturated rings. The third-order valence-corrected chi connectivity index (χ3v) is 5.03. The van der Waals surface area contributed by atoms with E-state index in [2.05, 4.69) is 15.3 Å². The molecule has 0 aliphatic heterocycles. The maximum Gasteiger partial charge on any atom is 0.255 e. The minimum Gasteiger partial charge on any atom is -0.321 e. The molecule has 0 saturated heterocycles. The maximum absolute atomic E-state index is 13.2. The molecule has 144 valence electrons. The number of carbonyl (C=O) groups excluding carboxylic acids is 1. The molecule has 5 nitrogen and oxygen atoms in total. The number of aryl methyl sites for hydroxylation is 1. The van der Waals surface area contributed by atoms with Crippen molar-refractivity contribution in [3.8, 4) is 11.4 Å². The summed E-state index contributed by atoms with van der Waals surface area (Å²) in [6, 6.07) is 23.0. The number of nitrogens with zero attached hydrogens (tertiary/aromatic N) is 3. The number of hydrogen-bond donors (Lipinski definition) is 1. The highest BCUT2D eigenvalue weighted by molar-refractivity contribution is 6.16. The Bertz CT molecular complexity index is 1360. The number of amides is 1. The van der Waals surface area contributed by atoms with E-state index in [1.807, 2.05) is 67.6 Å². The van der Waals surface area contributed by atoms with E-state index >= 15 is 0 Å². The van der Waals surface area contributed by atoms with E-state index in [4.69, 9.17) is 4.98 Å². The Morgan fingerprint density at radius 3 is 2.03 bits per heavy atom. The van der Waals surface area contributed by atoms with Crippen LogP contribution in [0.4, 0.5) is 5.69 Å². The van der Waals surface area contributed by atoms with Crippen LogP contribution < -0.4 is 5.32 Å². The van der Waals surface area contributed by atoms with Crippen LogP contribution in [-0.2, 0) is 0 Å². The fourth-order valence-corrected chi connectivity index (χ4v) is 3.55. The second-order valence-electron chi connectivity index (χ2n) is 7.12. The first-order valence-corrected chi connectivity index (χ1v) is 9.67. The molecule has 1 N–H and O–H groups in total. The first kappa shape index (κ1) is 17.9. The quantitative estimate of drug-likeness (QED) is 0.419. The molecule has 0 aliphatic carbocycles. The number of rotatable bonds is 3. The molecule has 5 rings (SSSR count). The molecule has 0 aliphatic rings. The number of pyridine rings is 3. The Morgan fingerprint density at radius 1 is 0.767 bits per heavy atom. The van der Waals surface area contributed by atoms with Gasteiger partial charge in [0, 0.05) is 28.7 Å². The molecular weight excluding hydrogens is 372 g/mol. The summed E-state index contributed by atoms with van der Waals surface area (Å²) < 4.78 is 0. The summed E-state index contributed by atoms with van der Waals surface area (Å²) in [7, 11) is 0. The highest BCUT2D eigenvalue weighted by Crippen LogP contribution is 2.31. The van der Waals surface area contributed by atoms with Crippen molar-refractivity contribution in [2.75, 3.05) is 5.32 Å². The molecule has 5 aromatic rings. The summed E-state index contributed by atoms with van der Waals surface area (Å²) in [4.78, 5) is 26.6. The van der Waals surface area contributed by atoms with Gasteiger partial charge in [0.15, 0.2) is 0 Å². The van der Waals surface area contributed by atoms with Crippen molar-refractivity contribution in [2.45, 2.75) is 6.92 Å². The summed E-state index contributed by atoms with van der Waals surface area (Å²) in [6.07, 6.45) is 3.38. The van der Waals surface area contributed by atoms with Crippen molar-refractivity contribution < 1.29 is 4.79 Å². The Labute approximate surface area is 173 Å². The summed E-state index contributed by atoms with van der Waals surface area (Å²) >= 11 is 0. The number of aromatic nitrogens is 3. The van der Waals surface area contributed by atoms with Crippen LogP contribution in [-0.4, -0.2) is 20.9 Å². The number of fused-ring (bicyclic) bond motifs is 2. The molecule has 5 heteroatoms. The number of anilines is 1. The van der Waals surface area contributed by atoms with Gasteiger partial charge in [0.1, 0.15) is 0 Å². The second kappa shape index (κ2) is 7.37. The zero-order chi connectivity index (χ0) is 20.5. The van der Waals surface area contributed by atoms with Crippen molar-refractivity contribution in [1.82, 2.24) is 15.0 Å². The van der Waals surface area contributed by atoms with Crippen molar-refractivity contribution in [2.24, 2.45) is 0 Å². The first-order chi connectivity index (χ1) is 14.7. The fraction of sp³-hybridized carbons (Fsp3) is 0.0400. The number of nitrogens with one attached hydrogen (secondary N) is 1. The summed E-state index contributed by atoms with van der Waals surface area (Å²) in [5.74, 6) is -0.201. The molecule has 3 heterocycles. The minimum absolute atomic E-state index is 0.201. The van der Waals surface area contributed by atoms with Crippen LogP contribution in [0.15, 0.2) is 85.2 Å². The van der Waals surface area contributed by atoms with Gasteiger partial charge >= 0.3 is 0 Å². The monoisotopic (exact) mass is 390 g/mol. The Hall–Kier alpha value is -4.12. The van der Waals surface area contributed by atoms with E-state index in [1.54, 1.807) is 24.5 Å². The number of para-hydroxylation sites is 2. The second-order valence-corrected chi connectivity index (χ2v) is 7.12. The van der Waals surface area contributed by atoms with Crippen LogP contribution >= 0.6 is 0 Å². The average molecular weight is 390 g/mol. The van der Waals surface area contributed by atoms with E-state index < -0.39 is 0 Å². The lowest BCUT2D eigenvalue weighted by Crippen LogP contribution is -2.13. The zero-order valence-corrected chi connectivity index (χ0v) is 16.3. The van der Waals surface area contributed by atoms with Crippen LogP contribution in [0.5, 0.6) is 0 Å².